The number of hydrogen-bond acceptors (Lipinski definition) is 5. The van der Waals surface area contributed by atoms with Crippen LogP contribution in [0.15, 0.2) is 61.2 Å². The number of nitrogens with zero attached hydrogens (tertiary/aromatic N) is 3. The van der Waals surface area contributed by atoms with Gasteiger partial charge in [0.15, 0.2) is 11.6 Å². The Morgan fingerprint density at radius 1 is 1.21 bits per heavy atom. The predicted octanol–water partition coefficient (Wildman–Crippen LogP) is 4.93. The molecule has 0 amide bonds. The molecule has 0 radical (unpaired) electrons. The summed E-state index contributed by atoms with van der Waals surface area (Å²) < 4.78 is 40.6. The Balaban J connectivity index is 1.95. The molecule has 0 aliphatic rings. The van der Waals surface area contributed by atoms with Gasteiger partial charge in [-0.25, -0.2) is 13.5 Å². The van der Waals surface area contributed by atoms with Gasteiger partial charge in [-0.15, -0.1) is 6.58 Å². The molecule has 34 heavy (non-hydrogen) atoms. The number of hydrogen-bond donors (Lipinski definition) is 1. The fraction of sp³-hybridized carbons (Fsp3) is 0.346. The van der Waals surface area contributed by atoms with Crippen LogP contribution in [0.2, 0.25) is 0 Å². The van der Waals surface area contributed by atoms with Gasteiger partial charge in [-0.3, -0.25) is 4.90 Å². The highest BCUT2D eigenvalue weighted by Gasteiger charge is 2.24. The number of aliphatic hydroxyl groups excluding tert-OH is 1. The minimum Gasteiger partial charge on any atom is -0.436 e. The maximum atomic E-state index is 14.4. The molecule has 1 unspecified atom stereocenters. The number of aryl methyl sites for hydroxylation is 1. The zero-order valence-corrected chi connectivity index (χ0v) is 19.6. The molecule has 0 bridgehead atoms. The van der Waals surface area contributed by atoms with Crippen molar-refractivity contribution < 1.29 is 23.4 Å². The molecule has 1 heterocycles. The minimum atomic E-state index is -0.798. The van der Waals surface area contributed by atoms with E-state index in [4.69, 9.17) is 9.47 Å². The lowest BCUT2D eigenvalue weighted by Crippen LogP contribution is -2.35. The van der Waals surface area contributed by atoms with E-state index in [0.29, 0.717) is 37.8 Å². The van der Waals surface area contributed by atoms with Crippen molar-refractivity contribution >= 4 is 0 Å². The SMILES string of the molecule is C=CCOCC(O)CN(CCC)Cc1c(-c2ccccc2)nn(C)c1Oc1ccc(F)cc1F. The smallest absolute Gasteiger partial charge is 0.222 e. The lowest BCUT2D eigenvalue weighted by molar-refractivity contribution is 0.0245. The zero-order chi connectivity index (χ0) is 24.5. The molecule has 3 rings (SSSR count). The first kappa shape index (κ1) is 25.6. The number of ether oxygens (including phenoxy) is 2. The summed E-state index contributed by atoms with van der Waals surface area (Å²) in [4.78, 5) is 2.08. The van der Waals surface area contributed by atoms with Gasteiger partial charge < -0.3 is 14.6 Å². The van der Waals surface area contributed by atoms with Gasteiger partial charge in [-0.1, -0.05) is 43.3 Å². The Hall–Kier alpha value is -3.07. The predicted molar refractivity (Wildman–Crippen MR) is 128 cm³/mol. The summed E-state index contributed by atoms with van der Waals surface area (Å²) in [5.41, 5.74) is 2.32. The lowest BCUT2D eigenvalue weighted by atomic mass is 10.1. The van der Waals surface area contributed by atoms with E-state index in [1.165, 1.54) is 6.07 Å². The van der Waals surface area contributed by atoms with Crippen LogP contribution < -0.4 is 4.74 Å². The van der Waals surface area contributed by atoms with Crippen molar-refractivity contribution in [1.29, 1.82) is 0 Å². The van der Waals surface area contributed by atoms with Gasteiger partial charge in [-0.2, -0.15) is 5.10 Å². The third-order valence-corrected chi connectivity index (χ3v) is 5.17. The Kier molecular flexibility index (Phi) is 9.33. The van der Waals surface area contributed by atoms with Crippen molar-refractivity contribution in [2.75, 3.05) is 26.3 Å². The van der Waals surface area contributed by atoms with E-state index in [0.717, 1.165) is 29.7 Å². The average molecular weight is 472 g/mol. The number of aliphatic hydroxyl groups is 1. The van der Waals surface area contributed by atoms with E-state index in [1.54, 1.807) is 17.8 Å². The zero-order valence-electron chi connectivity index (χ0n) is 19.6. The first-order chi connectivity index (χ1) is 16.4. The van der Waals surface area contributed by atoms with Crippen LogP contribution in [0.4, 0.5) is 8.78 Å². The summed E-state index contributed by atoms with van der Waals surface area (Å²) in [5, 5.41) is 15.1. The van der Waals surface area contributed by atoms with Gasteiger partial charge in [0.1, 0.15) is 11.5 Å². The fourth-order valence-electron chi connectivity index (χ4n) is 3.73. The summed E-state index contributed by atoms with van der Waals surface area (Å²) >= 11 is 0. The number of halogens is 2. The van der Waals surface area contributed by atoms with Crippen molar-refractivity contribution in [3.63, 3.8) is 0 Å². The summed E-state index contributed by atoms with van der Waals surface area (Å²) in [7, 11) is 1.72. The summed E-state index contributed by atoms with van der Waals surface area (Å²) in [6.07, 6.45) is 1.81. The van der Waals surface area contributed by atoms with Crippen LogP contribution in [0, 0.1) is 11.6 Å². The standard InChI is InChI=1S/C26H31F2N3O3/c1-4-13-31(16-21(32)18-33-14-5-2)17-22-25(19-9-7-6-8-10-19)29-30(3)26(22)34-24-12-11-20(27)15-23(24)28/h5-12,15,21,32H,2,4,13-14,16-18H2,1,3H3. The molecule has 3 aromatic rings. The molecule has 0 saturated carbocycles. The van der Waals surface area contributed by atoms with E-state index in [1.807, 2.05) is 30.3 Å². The van der Waals surface area contributed by atoms with Crippen molar-refractivity contribution in [3.05, 3.63) is 78.4 Å². The lowest BCUT2D eigenvalue weighted by Gasteiger charge is -2.25. The number of benzene rings is 2. The highest BCUT2D eigenvalue weighted by atomic mass is 19.1. The Bertz CT molecular complexity index is 1070. The molecule has 2 aromatic carbocycles. The molecular weight excluding hydrogens is 440 g/mol. The van der Waals surface area contributed by atoms with Crippen LogP contribution in [0.25, 0.3) is 11.3 Å². The quantitative estimate of drug-likeness (QED) is 0.283. The topological polar surface area (TPSA) is 59.8 Å². The second-order valence-electron chi connectivity index (χ2n) is 8.01. The van der Waals surface area contributed by atoms with Crippen LogP contribution >= 0.6 is 0 Å². The molecule has 0 fully saturated rings. The maximum Gasteiger partial charge on any atom is 0.222 e. The molecule has 0 saturated heterocycles. The second-order valence-corrected chi connectivity index (χ2v) is 8.01. The number of rotatable bonds is 13. The van der Waals surface area contributed by atoms with E-state index >= 15 is 0 Å². The molecule has 6 nitrogen and oxygen atoms in total. The van der Waals surface area contributed by atoms with E-state index < -0.39 is 17.7 Å². The molecule has 182 valence electrons. The van der Waals surface area contributed by atoms with Crippen molar-refractivity contribution in [2.24, 2.45) is 7.05 Å². The van der Waals surface area contributed by atoms with Gasteiger partial charge in [0.05, 0.1) is 24.9 Å². The van der Waals surface area contributed by atoms with Gasteiger partial charge in [0.25, 0.3) is 0 Å². The fourth-order valence-corrected chi connectivity index (χ4v) is 3.73. The monoisotopic (exact) mass is 471 g/mol. The van der Waals surface area contributed by atoms with Crippen molar-refractivity contribution in [2.45, 2.75) is 26.0 Å². The third-order valence-electron chi connectivity index (χ3n) is 5.17. The molecule has 1 N–H and O–H groups in total. The molecule has 0 aliphatic carbocycles. The molecular formula is C26H31F2N3O3. The van der Waals surface area contributed by atoms with Gasteiger partial charge in [-0.05, 0) is 25.1 Å². The molecule has 1 aromatic heterocycles. The molecule has 1 atom stereocenters. The van der Waals surface area contributed by atoms with E-state index in [-0.39, 0.29) is 12.4 Å². The minimum absolute atomic E-state index is 0.0924. The number of aromatic nitrogens is 2. The summed E-state index contributed by atoms with van der Waals surface area (Å²) in [6.45, 7) is 7.72. The summed E-state index contributed by atoms with van der Waals surface area (Å²) in [5.74, 6) is -1.22. The Morgan fingerprint density at radius 3 is 2.65 bits per heavy atom. The van der Waals surface area contributed by atoms with Crippen LogP contribution in [0.1, 0.15) is 18.9 Å². The maximum absolute atomic E-state index is 14.4. The largest absolute Gasteiger partial charge is 0.436 e. The van der Waals surface area contributed by atoms with E-state index in [9.17, 15) is 13.9 Å². The van der Waals surface area contributed by atoms with Crippen molar-refractivity contribution in [3.8, 4) is 22.9 Å². The van der Waals surface area contributed by atoms with Crippen LogP contribution in [0.5, 0.6) is 11.6 Å². The summed E-state index contributed by atoms with van der Waals surface area (Å²) in [6, 6.07) is 12.8. The second kappa shape index (κ2) is 12.4. The van der Waals surface area contributed by atoms with Crippen LogP contribution in [-0.2, 0) is 18.3 Å². The van der Waals surface area contributed by atoms with Gasteiger partial charge in [0, 0.05) is 31.8 Å². The van der Waals surface area contributed by atoms with Crippen molar-refractivity contribution in [1.82, 2.24) is 14.7 Å². The normalized spacial score (nSPS) is 12.2. The first-order valence-corrected chi connectivity index (χ1v) is 11.3. The Labute approximate surface area is 199 Å². The highest BCUT2D eigenvalue weighted by Crippen LogP contribution is 2.35. The Morgan fingerprint density at radius 2 is 1.97 bits per heavy atom. The molecule has 8 heteroatoms. The van der Waals surface area contributed by atoms with E-state index in [2.05, 4.69) is 23.5 Å². The average Bonchev–Trinajstić information content (AvgIpc) is 3.11. The first-order valence-electron chi connectivity index (χ1n) is 11.3. The van der Waals surface area contributed by atoms with Crippen LogP contribution in [-0.4, -0.2) is 52.2 Å². The molecule has 0 aliphatic heterocycles. The van der Waals surface area contributed by atoms with Gasteiger partial charge >= 0.3 is 0 Å². The third kappa shape index (κ3) is 6.72. The highest BCUT2D eigenvalue weighted by molar-refractivity contribution is 5.65. The van der Waals surface area contributed by atoms with Crippen LogP contribution in [0.3, 0.4) is 0 Å². The van der Waals surface area contributed by atoms with Gasteiger partial charge in [0.2, 0.25) is 5.88 Å². The molecule has 0 spiro atoms.